The van der Waals surface area contributed by atoms with Gasteiger partial charge in [-0.1, -0.05) is 13.0 Å². The molecule has 0 amide bonds. The lowest BCUT2D eigenvalue weighted by atomic mass is 9.99. The number of hydrogen-bond donors (Lipinski definition) is 1. The molecular weight excluding hydrogens is 337 g/mol. The van der Waals surface area contributed by atoms with Gasteiger partial charge in [0.15, 0.2) is 0 Å². The molecule has 20 heavy (non-hydrogen) atoms. The molecule has 1 atom stereocenters. The van der Waals surface area contributed by atoms with Crippen LogP contribution in [0.5, 0.6) is 0 Å². The van der Waals surface area contributed by atoms with E-state index in [1.54, 1.807) is 17.4 Å². The van der Waals surface area contributed by atoms with Gasteiger partial charge in [0.2, 0.25) is 0 Å². The van der Waals surface area contributed by atoms with E-state index in [0.29, 0.717) is 0 Å². The van der Waals surface area contributed by atoms with Gasteiger partial charge in [0.05, 0.1) is 9.83 Å². The molecule has 0 bridgehead atoms. The molecule has 0 aliphatic heterocycles. The summed E-state index contributed by atoms with van der Waals surface area (Å²) in [5.74, 6) is -0.179. The lowest BCUT2D eigenvalue weighted by Crippen LogP contribution is -2.23. The summed E-state index contributed by atoms with van der Waals surface area (Å²) >= 11 is 5.29. The van der Waals surface area contributed by atoms with Crippen LogP contribution in [0.1, 0.15) is 41.0 Å². The Bertz CT molecular complexity index is 575. The molecule has 0 spiro atoms. The molecule has 2 rings (SSSR count). The molecule has 1 unspecified atom stereocenters. The third-order valence-corrected chi connectivity index (χ3v) is 5.51. The van der Waals surface area contributed by atoms with E-state index in [0.717, 1.165) is 27.9 Å². The number of rotatable bonds is 5. The number of hydrogen-bond acceptors (Lipinski definition) is 2. The average molecular weight is 356 g/mol. The number of halogens is 2. The van der Waals surface area contributed by atoms with Crippen LogP contribution in [-0.2, 0) is 0 Å². The minimum absolute atomic E-state index is 0.0562. The van der Waals surface area contributed by atoms with Crippen LogP contribution in [0.2, 0.25) is 0 Å². The topological polar surface area (TPSA) is 12.0 Å². The zero-order valence-corrected chi connectivity index (χ0v) is 14.4. The largest absolute Gasteiger partial charge is 0.306 e. The minimum Gasteiger partial charge on any atom is -0.306 e. The van der Waals surface area contributed by atoms with E-state index in [-0.39, 0.29) is 11.9 Å². The molecule has 1 nitrogen and oxygen atoms in total. The van der Waals surface area contributed by atoms with Gasteiger partial charge in [-0.15, -0.1) is 11.3 Å². The highest BCUT2D eigenvalue weighted by Gasteiger charge is 2.19. The SMILES string of the molecule is CCCNC(c1cc(C)c(Br)s1)c1cc(F)ccc1C. The first-order valence-electron chi connectivity index (χ1n) is 6.78. The molecule has 0 saturated heterocycles. The summed E-state index contributed by atoms with van der Waals surface area (Å²) in [6.07, 6.45) is 1.05. The minimum atomic E-state index is -0.179. The summed E-state index contributed by atoms with van der Waals surface area (Å²) in [6.45, 7) is 7.16. The van der Waals surface area contributed by atoms with Crippen LogP contribution >= 0.6 is 27.3 Å². The van der Waals surface area contributed by atoms with Crippen molar-refractivity contribution >= 4 is 27.3 Å². The number of thiophene rings is 1. The second-order valence-corrected chi connectivity index (χ2v) is 7.40. The Morgan fingerprint density at radius 3 is 2.60 bits per heavy atom. The summed E-state index contributed by atoms with van der Waals surface area (Å²) in [6, 6.07) is 7.24. The van der Waals surface area contributed by atoms with Crippen molar-refractivity contribution in [1.82, 2.24) is 5.32 Å². The third-order valence-electron chi connectivity index (χ3n) is 3.31. The molecule has 108 valence electrons. The highest BCUT2D eigenvalue weighted by Crippen LogP contribution is 2.35. The Hall–Kier alpha value is -0.710. The predicted octanol–water partition coefficient (Wildman–Crippen LogP) is 5.36. The van der Waals surface area contributed by atoms with E-state index >= 15 is 0 Å². The molecule has 2 aromatic rings. The highest BCUT2D eigenvalue weighted by atomic mass is 79.9. The lowest BCUT2D eigenvalue weighted by molar-refractivity contribution is 0.588. The lowest BCUT2D eigenvalue weighted by Gasteiger charge is -2.20. The Morgan fingerprint density at radius 1 is 1.25 bits per heavy atom. The van der Waals surface area contributed by atoms with Crippen LogP contribution < -0.4 is 5.32 Å². The van der Waals surface area contributed by atoms with Crippen LogP contribution in [0.4, 0.5) is 4.39 Å². The highest BCUT2D eigenvalue weighted by molar-refractivity contribution is 9.11. The van der Waals surface area contributed by atoms with Crippen molar-refractivity contribution in [3.05, 3.63) is 55.4 Å². The monoisotopic (exact) mass is 355 g/mol. The van der Waals surface area contributed by atoms with Crippen molar-refractivity contribution in [2.75, 3.05) is 6.54 Å². The van der Waals surface area contributed by atoms with E-state index in [9.17, 15) is 4.39 Å². The average Bonchev–Trinajstić information content (AvgIpc) is 2.74. The maximum absolute atomic E-state index is 13.6. The standard InChI is InChI=1S/C16H19BrFNS/c1-4-7-19-15(14-8-11(3)16(17)20-14)13-9-12(18)6-5-10(13)2/h5-6,8-9,15,19H,4,7H2,1-3H3. The van der Waals surface area contributed by atoms with Crippen LogP contribution in [0.25, 0.3) is 0 Å². The van der Waals surface area contributed by atoms with Gasteiger partial charge in [0.1, 0.15) is 5.82 Å². The van der Waals surface area contributed by atoms with Crippen molar-refractivity contribution in [3.63, 3.8) is 0 Å². The first-order chi connectivity index (χ1) is 9.52. The fraction of sp³-hybridized carbons (Fsp3) is 0.375. The fourth-order valence-electron chi connectivity index (χ4n) is 2.20. The molecule has 1 aromatic carbocycles. The normalized spacial score (nSPS) is 12.7. The van der Waals surface area contributed by atoms with Gasteiger partial charge < -0.3 is 5.32 Å². The van der Waals surface area contributed by atoms with E-state index in [2.05, 4.69) is 41.2 Å². The second-order valence-electron chi connectivity index (χ2n) is 4.99. The van der Waals surface area contributed by atoms with Crippen LogP contribution in [0.15, 0.2) is 28.1 Å². The molecule has 0 fully saturated rings. The Morgan fingerprint density at radius 2 is 2.00 bits per heavy atom. The number of aryl methyl sites for hydroxylation is 2. The maximum atomic E-state index is 13.6. The fourth-order valence-corrected chi connectivity index (χ4v) is 3.87. The Kier molecular flexibility index (Phi) is 5.35. The third kappa shape index (κ3) is 3.48. The van der Waals surface area contributed by atoms with E-state index in [1.165, 1.54) is 16.5 Å². The van der Waals surface area contributed by atoms with Gasteiger partial charge in [-0.2, -0.15) is 0 Å². The second kappa shape index (κ2) is 6.83. The number of benzene rings is 1. The Balaban J connectivity index is 2.43. The summed E-state index contributed by atoms with van der Waals surface area (Å²) in [5, 5.41) is 3.53. The quantitative estimate of drug-likeness (QED) is 0.761. The molecule has 0 radical (unpaired) electrons. The van der Waals surface area contributed by atoms with Crippen molar-refractivity contribution in [1.29, 1.82) is 0 Å². The van der Waals surface area contributed by atoms with Gasteiger partial charge >= 0.3 is 0 Å². The zero-order chi connectivity index (χ0) is 14.7. The molecule has 0 aliphatic rings. The predicted molar refractivity (Wildman–Crippen MR) is 88.0 cm³/mol. The summed E-state index contributed by atoms with van der Waals surface area (Å²) in [7, 11) is 0. The zero-order valence-electron chi connectivity index (χ0n) is 12.0. The van der Waals surface area contributed by atoms with E-state index in [4.69, 9.17) is 0 Å². The smallest absolute Gasteiger partial charge is 0.123 e. The summed E-state index contributed by atoms with van der Waals surface area (Å²) in [4.78, 5) is 1.22. The Labute approximate surface area is 132 Å². The summed E-state index contributed by atoms with van der Waals surface area (Å²) in [5.41, 5.74) is 3.36. The van der Waals surface area contributed by atoms with E-state index in [1.807, 2.05) is 13.0 Å². The van der Waals surface area contributed by atoms with Crippen LogP contribution in [-0.4, -0.2) is 6.54 Å². The molecular formula is C16H19BrFNS. The van der Waals surface area contributed by atoms with Gasteiger partial charge in [-0.05, 0) is 77.6 Å². The number of nitrogens with one attached hydrogen (secondary N) is 1. The molecule has 0 saturated carbocycles. The van der Waals surface area contributed by atoms with Gasteiger partial charge in [-0.25, -0.2) is 4.39 Å². The van der Waals surface area contributed by atoms with Gasteiger partial charge in [-0.3, -0.25) is 0 Å². The first-order valence-corrected chi connectivity index (χ1v) is 8.39. The first kappa shape index (κ1) is 15.7. The van der Waals surface area contributed by atoms with Crippen molar-refractivity contribution in [2.45, 2.75) is 33.2 Å². The molecule has 4 heteroatoms. The van der Waals surface area contributed by atoms with E-state index < -0.39 is 0 Å². The van der Waals surface area contributed by atoms with Crippen molar-refractivity contribution < 1.29 is 4.39 Å². The van der Waals surface area contributed by atoms with Gasteiger partial charge in [0.25, 0.3) is 0 Å². The van der Waals surface area contributed by atoms with Gasteiger partial charge in [0, 0.05) is 4.88 Å². The molecule has 1 aromatic heterocycles. The molecule has 1 heterocycles. The van der Waals surface area contributed by atoms with Crippen LogP contribution in [0, 0.1) is 19.7 Å². The molecule has 1 N–H and O–H groups in total. The van der Waals surface area contributed by atoms with Crippen molar-refractivity contribution in [3.8, 4) is 0 Å². The van der Waals surface area contributed by atoms with Crippen molar-refractivity contribution in [2.24, 2.45) is 0 Å². The molecule has 0 aliphatic carbocycles. The summed E-state index contributed by atoms with van der Waals surface area (Å²) < 4.78 is 14.7. The van der Waals surface area contributed by atoms with Crippen LogP contribution in [0.3, 0.4) is 0 Å². The maximum Gasteiger partial charge on any atom is 0.123 e.